The zero-order chi connectivity index (χ0) is 15.7. The van der Waals surface area contributed by atoms with Crippen LogP contribution >= 0.6 is 24.0 Å². The number of nitrogens with zero attached hydrogens (tertiary/aromatic N) is 3. The summed E-state index contributed by atoms with van der Waals surface area (Å²) in [6, 6.07) is 0.0470. The third-order valence-corrected chi connectivity index (χ3v) is 3.81. The molecule has 7 nitrogen and oxygen atoms in total. The van der Waals surface area contributed by atoms with Crippen LogP contribution in [0.1, 0.15) is 20.3 Å². The fourth-order valence-corrected chi connectivity index (χ4v) is 2.49. The molecule has 1 heterocycles. The second-order valence-electron chi connectivity index (χ2n) is 5.03. The summed E-state index contributed by atoms with van der Waals surface area (Å²) >= 11 is 0. The fourth-order valence-electron chi connectivity index (χ4n) is 1.71. The van der Waals surface area contributed by atoms with Gasteiger partial charge in [0, 0.05) is 37.8 Å². The first kappa shape index (κ1) is 21.2. The second-order valence-corrected chi connectivity index (χ2v) is 7.28. The van der Waals surface area contributed by atoms with Crippen molar-refractivity contribution in [3.8, 4) is 0 Å². The number of rotatable bonds is 8. The van der Waals surface area contributed by atoms with Gasteiger partial charge in [0.2, 0.25) is 0 Å². The predicted molar refractivity (Wildman–Crippen MR) is 101 cm³/mol. The molecular weight excluding hydrogens is 417 g/mol. The predicted octanol–water partition coefficient (Wildman–Crippen LogP) is 0.879. The van der Waals surface area contributed by atoms with Gasteiger partial charge in [-0.15, -0.1) is 24.0 Å². The maximum atomic E-state index is 11.2. The maximum absolute atomic E-state index is 11.2. The zero-order valence-electron chi connectivity index (χ0n) is 13.3. The van der Waals surface area contributed by atoms with Gasteiger partial charge >= 0.3 is 0 Å². The summed E-state index contributed by atoms with van der Waals surface area (Å²) in [5.74, 6) is 0.883. The van der Waals surface area contributed by atoms with Crippen LogP contribution < -0.4 is 10.6 Å². The summed E-state index contributed by atoms with van der Waals surface area (Å²) < 4.78 is 24.3. The van der Waals surface area contributed by atoms with E-state index in [4.69, 9.17) is 0 Å². The Bertz CT molecular complexity index is 531. The molecule has 0 aliphatic carbocycles. The van der Waals surface area contributed by atoms with Crippen molar-refractivity contribution in [2.24, 2.45) is 4.99 Å². The SMILES string of the molecule is CCNC(=NCCn1ccnc1)NC(C)CCS(C)(=O)=O.I. The summed E-state index contributed by atoms with van der Waals surface area (Å²) in [6.45, 7) is 6.09. The molecule has 0 aliphatic rings. The van der Waals surface area contributed by atoms with Crippen molar-refractivity contribution in [1.82, 2.24) is 20.2 Å². The number of hydrogen-bond acceptors (Lipinski definition) is 4. The van der Waals surface area contributed by atoms with Crippen LogP contribution in [0.4, 0.5) is 0 Å². The summed E-state index contributed by atoms with van der Waals surface area (Å²) in [6.07, 6.45) is 7.20. The van der Waals surface area contributed by atoms with Crippen molar-refractivity contribution in [2.45, 2.75) is 32.9 Å². The van der Waals surface area contributed by atoms with Crippen LogP contribution in [0.3, 0.4) is 0 Å². The van der Waals surface area contributed by atoms with E-state index in [1.165, 1.54) is 6.26 Å². The van der Waals surface area contributed by atoms with Crippen LogP contribution in [0.15, 0.2) is 23.7 Å². The van der Waals surface area contributed by atoms with Gasteiger partial charge in [-0.05, 0) is 20.3 Å². The lowest BCUT2D eigenvalue weighted by Crippen LogP contribution is -2.43. The van der Waals surface area contributed by atoms with E-state index in [1.54, 1.807) is 12.5 Å². The highest BCUT2D eigenvalue weighted by atomic mass is 127. The lowest BCUT2D eigenvalue weighted by atomic mass is 10.3. The Morgan fingerprint density at radius 1 is 1.45 bits per heavy atom. The van der Waals surface area contributed by atoms with E-state index in [-0.39, 0.29) is 35.8 Å². The van der Waals surface area contributed by atoms with E-state index in [0.717, 1.165) is 13.1 Å². The van der Waals surface area contributed by atoms with E-state index in [1.807, 2.05) is 24.6 Å². The van der Waals surface area contributed by atoms with E-state index in [2.05, 4.69) is 20.6 Å². The van der Waals surface area contributed by atoms with E-state index < -0.39 is 9.84 Å². The van der Waals surface area contributed by atoms with Crippen molar-refractivity contribution < 1.29 is 8.42 Å². The van der Waals surface area contributed by atoms with Gasteiger partial charge in [-0.25, -0.2) is 13.4 Å². The number of nitrogens with one attached hydrogen (secondary N) is 2. The van der Waals surface area contributed by atoms with E-state index in [9.17, 15) is 8.42 Å². The Morgan fingerprint density at radius 2 is 2.18 bits per heavy atom. The number of guanidine groups is 1. The largest absolute Gasteiger partial charge is 0.357 e. The van der Waals surface area contributed by atoms with Gasteiger partial charge in [0.1, 0.15) is 9.84 Å². The van der Waals surface area contributed by atoms with Crippen molar-refractivity contribution >= 4 is 39.8 Å². The van der Waals surface area contributed by atoms with Crippen molar-refractivity contribution in [3.05, 3.63) is 18.7 Å². The average molecular weight is 443 g/mol. The molecule has 0 fully saturated rings. The number of aliphatic imine (C=N–C) groups is 1. The molecule has 0 bridgehead atoms. The van der Waals surface area contributed by atoms with Gasteiger partial charge < -0.3 is 15.2 Å². The van der Waals surface area contributed by atoms with Gasteiger partial charge in [-0.2, -0.15) is 0 Å². The number of aromatic nitrogens is 2. The number of imidazole rings is 1. The molecule has 1 aromatic rings. The molecule has 2 N–H and O–H groups in total. The van der Waals surface area contributed by atoms with Crippen LogP contribution in [0.5, 0.6) is 0 Å². The minimum absolute atomic E-state index is 0. The minimum Gasteiger partial charge on any atom is -0.357 e. The molecule has 1 unspecified atom stereocenters. The fraction of sp³-hybridized carbons (Fsp3) is 0.692. The molecular formula is C13H26IN5O2S. The first-order valence-corrected chi connectivity index (χ1v) is 9.15. The Hall–Kier alpha value is -0.840. The van der Waals surface area contributed by atoms with Crippen LogP contribution in [-0.2, 0) is 16.4 Å². The summed E-state index contributed by atoms with van der Waals surface area (Å²) in [7, 11) is -2.92. The lowest BCUT2D eigenvalue weighted by molar-refractivity contribution is 0.580. The molecule has 22 heavy (non-hydrogen) atoms. The monoisotopic (exact) mass is 443 g/mol. The highest BCUT2D eigenvalue weighted by Gasteiger charge is 2.09. The van der Waals surface area contributed by atoms with Crippen molar-refractivity contribution in [3.63, 3.8) is 0 Å². The molecule has 0 radical (unpaired) electrons. The van der Waals surface area contributed by atoms with E-state index >= 15 is 0 Å². The van der Waals surface area contributed by atoms with Gasteiger partial charge in [0.05, 0.1) is 18.6 Å². The van der Waals surface area contributed by atoms with Gasteiger partial charge in [0.25, 0.3) is 0 Å². The van der Waals surface area contributed by atoms with E-state index in [0.29, 0.717) is 18.9 Å². The molecule has 0 aliphatic heterocycles. The Morgan fingerprint density at radius 3 is 2.73 bits per heavy atom. The normalized spacial score (nSPS) is 13.3. The smallest absolute Gasteiger partial charge is 0.191 e. The van der Waals surface area contributed by atoms with Gasteiger partial charge in [-0.3, -0.25) is 4.99 Å². The molecule has 0 aromatic carbocycles. The molecule has 0 spiro atoms. The standard InChI is InChI=1S/C13H25N5O2S.HI/c1-4-15-13(16-7-9-18-8-6-14-11-18)17-12(2)5-10-21(3,19)20;/h6,8,11-12H,4-5,7,9-10H2,1-3H3,(H2,15,16,17);1H. The second kappa shape index (κ2) is 10.8. The van der Waals surface area contributed by atoms with Gasteiger partial charge in [0.15, 0.2) is 5.96 Å². The molecule has 0 saturated heterocycles. The highest BCUT2D eigenvalue weighted by Crippen LogP contribution is 1.95. The molecule has 0 saturated carbocycles. The average Bonchev–Trinajstić information content (AvgIpc) is 2.89. The Kier molecular flexibility index (Phi) is 10.4. The third kappa shape index (κ3) is 9.98. The molecule has 0 amide bonds. The van der Waals surface area contributed by atoms with Gasteiger partial charge in [-0.1, -0.05) is 0 Å². The van der Waals surface area contributed by atoms with Crippen LogP contribution in [-0.4, -0.2) is 55.1 Å². The Labute approximate surface area is 149 Å². The third-order valence-electron chi connectivity index (χ3n) is 2.84. The lowest BCUT2D eigenvalue weighted by Gasteiger charge is -2.17. The minimum atomic E-state index is -2.92. The first-order chi connectivity index (χ1) is 9.90. The highest BCUT2D eigenvalue weighted by molar-refractivity contribution is 14.0. The van der Waals surface area contributed by atoms with Crippen LogP contribution in [0.2, 0.25) is 0 Å². The molecule has 1 atom stereocenters. The maximum Gasteiger partial charge on any atom is 0.191 e. The summed E-state index contributed by atoms with van der Waals surface area (Å²) in [5, 5.41) is 6.38. The van der Waals surface area contributed by atoms with Crippen LogP contribution in [0, 0.1) is 0 Å². The molecule has 128 valence electrons. The number of hydrogen-bond donors (Lipinski definition) is 2. The van der Waals surface area contributed by atoms with Crippen LogP contribution in [0.25, 0.3) is 0 Å². The zero-order valence-corrected chi connectivity index (χ0v) is 16.5. The summed E-state index contributed by atoms with van der Waals surface area (Å²) in [5.41, 5.74) is 0. The topological polar surface area (TPSA) is 88.4 Å². The summed E-state index contributed by atoms with van der Waals surface area (Å²) in [4.78, 5) is 8.45. The Balaban J connectivity index is 0.00000441. The molecule has 1 aromatic heterocycles. The number of halogens is 1. The molecule has 9 heteroatoms. The first-order valence-electron chi connectivity index (χ1n) is 7.09. The molecule has 1 rings (SSSR count). The quantitative estimate of drug-likeness (QED) is 0.354. The van der Waals surface area contributed by atoms with Crippen molar-refractivity contribution in [1.29, 1.82) is 0 Å². The number of sulfone groups is 1. The van der Waals surface area contributed by atoms with Crippen molar-refractivity contribution in [2.75, 3.05) is 25.1 Å².